The van der Waals surface area contributed by atoms with Gasteiger partial charge in [0.1, 0.15) is 9.21 Å². The van der Waals surface area contributed by atoms with Gasteiger partial charge in [-0.25, -0.2) is 9.78 Å². The molecule has 0 aliphatic heterocycles. The summed E-state index contributed by atoms with van der Waals surface area (Å²) in [6.07, 6.45) is 6.58. The molecule has 152 valence electrons. The van der Waals surface area contributed by atoms with Crippen LogP contribution in [-0.2, 0) is 4.74 Å². The van der Waals surface area contributed by atoms with Gasteiger partial charge in [0, 0.05) is 11.6 Å². The van der Waals surface area contributed by atoms with Crippen molar-refractivity contribution in [2.75, 3.05) is 7.11 Å². The zero-order chi connectivity index (χ0) is 20.7. The number of thiophene rings is 1. The van der Waals surface area contributed by atoms with E-state index in [-0.39, 0.29) is 15.6 Å². The van der Waals surface area contributed by atoms with Gasteiger partial charge in [-0.15, -0.1) is 11.3 Å². The molecule has 0 amide bonds. The molecule has 29 heavy (non-hydrogen) atoms. The van der Waals surface area contributed by atoms with Gasteiger partial charge in [-0.3, -0.25) is 10.1 Å². The fraction of sp³-hybridized carbons (Fsp3) is 0.400. The molecular formula is C20H20ClN3O4S. The smallest absolute Gasteiger partial charge is 0.347 e. The lowest BCUT2D eigenvalue weighted by Crippen LogP contribution is -2.16. The van der Waals surface area contributed by atoms with Gasteiger partial charge in [0.2, 0.25) is 0 Å². The van der Waals surface area contributed by atoms with E-state index in [1.807, 2.05) is 24.5 Å². The molecule has 3 aromatic rings. The third-order valence-electron chi connectivity index (χ3n) is 5.55. The second-order valence-electron chi connectivity index (χ2n) is 7.46. The van der Waals surface area contributed by atoms with Crippen LogP contribution in [-0.4, -0.2) is 27.6 Å². The van der Waals surface area contributed by atoms with E-state index in [2.05, 4.69) is 21.2 Å². The zero-order valence-corrected chi connectivity index (χ0v) is 17.6. The monoisotopic (exact) mass is 433 g/mol. The quantitative estimate of drug-likeness (QED) is 0.292. The lowest BCUT2D eigenvalue weighted by Gasteiger charge is -2.28. The first kappa shape index (κ1) is 19.8. The molecule has 2 atom stereocenters. The Balaban J connectivity index is 1.78. The van der Waals surface area contributed by atoms with E-state index in [9.17, 15) is 14.9 Å². The van der Waals surface area contributed by atoms with Gasteiger partial charge in [-0.2, -0.15) is 0 Å². The van der Waals surface area contributed by atoms with Crippen LogP contribution in [0.1, 0.15) is 49.0 Å². The van der Waals surface area contributed by atoms with Gasteiger partial charge in [-0.05, 0) is 30.9 Å². The minimum absolute atomic E-state index is 0.0420. The number of aromatic nitrogens is 2. The number of imidazole rings is 1. The Labute approximate surface area is 176 Å². The molecule has 0 bridgehead atoms. The Bertz CT molecular complexity index is 1110. The second kappa shape index (κ2) is 7.76. The number of halogens is 1. The molecule has 0 N–H and O–H groups in total. The highest BCUT2D eigenvalue weighted by atomic mass is 35.5. The number of ether oxygens (including phenoxy) is 1. The third-order valence-corrected chi connectivity index (χ3v) is 6.99. The molecule has 2 heterocycles. The number of rotatable bonds is 4. The van der Waals surface area contributed by atoms with Crippen molar-refractivity contribution in [2.45, 2.75) is 38.6 Å². The van der Waals surface area contributed by atoms with Gasteiger partial charge in [0.05, 0.1) is 29.4 Å². The first-order valence-corrected chi connectivity index (χ1v) is 10.6. The van der Waals surface area contributed by atoms with Crippen LogP contribution in [0.15, 0.2) is 24.5 Å². The van der Waals surface area contributed by atoms with Crippen molar-refractivity contribution in [3.63, 3.8) is 0 Å². The highest BCUT2D eigenvalue weighted by Gasteiger charge is 2.33. The summed E-state index contributed by atoms with van der Waals surface area (Å²) in [6.45, 7) is 2.28. The predicted molar refractivity (Wildman–Crippen MR) is 113 cm³/mol. The standard InChI is InChI=1S/C20H20ClN3O4S/c1-11-4-3-5-13(8-11)23-10-22-14-9-12(6-7-15(14)23)18-17(24(26)27)16(19(21)29-18)20(25)28-2/h6-7,9-11,13H,3-5,8H2,1-2H3/t11-,13-/m1/s1. The first-order chi connectivity index (χ1) is 13.9. The summed E-state index contributed by atoms with van der Waals surface area (Å²) >= 11 is 7.15. The van der Waals surface area contributed by atoms with E-state index in [1.54, 1.807) is 0 Å². The van der Waals surface area contributed by atoms with Crippen LogP contribution in [0.5, 0.6) is 0 Å². The molecule has 0 unspecified atom stereocenters. The van der Waals surface area contributed by atoms with E-state index in [4.69, 9.17) is 11.6 Å². The van der Waals surface area contributed by atoms with Crippen LogP contribution in [0.3, 0.4) is 0 Å². The number of hydrogen-bond acceptors (Lipinski definition) is 6. The van der Waals surface area contributed by atoms with Crippen molar-refractivity contribution in [1.82, 2.24) is 9.55 Å². The Morgan fingerprint density at radius 3 is 2.90 bits per heavy atom. The van der Waals surface area contributed by atoms with Crippen LogP contribution in [0.25, 0.3) is 21.5 Å². The number of benzene rings is 1. The molecule has 1 aliphatic carbocycles. The number of nitrogens with zero attached hydrogens (tertiary/aromatic N) is 3. The van der Waals surface area contributed by atoms with E-state index in [0.717, 1.165) is 35.2 Å². The number of fused-ring (bicyclic) bond motifs is 1. The Hall–Kier alpha value is -2.45. The minimum atomic E-state index is -0.819. The van der Waals surface area contributed by atoms with Crippen LogP contribution in [0.2, 0.25) is 4.34 Å². The highest BCUT2D eigenvalue weighted by molar-refractivity contribution is 7.20. The van der Waals surface area contributed by atoms with E-state index in [1.165, 1.54) is 20.0 Å². The molecule has 4 rings (SSSR count). The zero-order valence-electron chi connectivity index (χ0n) is 16.1. The first-order valence-electron chi connectivity index (χ1n) is 9.42. The maximum atomic E-state index is 12.0. The van der Waals surface area contributed by atoms with Crippen LogP contribution >= 0.6 is 22.9 Å². The maximum Gasteiger partial charge on any atom is 0.347 e. The molecule has 2 aromatic heterocycles. The lowest BCUT2D eigenvalue weighted by molar-refractivity contribution is -0.384. The Kier molecular flexibility index (Phi) is 5.31. The number of methoxy groups -OCH3 is 1. The van der Waals surface area contributed by atoms with Crippen molar-refractivity contribution in [3.05, 3.63) is 44.5 Å². The average Bonchev–Trinajstić information content (AvgIpc) is 3.28. The molecular weight excluding hydrogens is 414 g/mol. The molecule has 9 heteroatoms. The molecule has 1 saturated carbocycles. The fourth-order valence-electron chi connectivity index (χ4n) is 4.16. The topological polar surface area (TPSA) is 87.3 Å². The number of nitro groups is 1. The second-order valence-corrected chi connectivity index (χ2v) is 9.08. The fourth-order valence-corrected chi connectivity index (χ4v) is 5.54. The van der Waals surface area contributed by atoms with Gasteiger partial charge >= 0.3 is 11.7 Å². The third kappa shape index (κ3) is 3.51. The van der Waals surface area contributed by atoms with Crippen molar-refractivity contribution >= 4 is 45.6 Å². The van der Waals surface area contributed by atoms with Gasteiger partial charge in [0.25, 0.3) is 0 Å². The molecule has 0 spiro atoms. The lowest BCUT2D eigenvalue weighted by atomic mass is 9.87. The van der Waals surface area contributed by atoms with Crippen LogP contribution in [0.4, 0.5) is 5.69 Å². The minimum Gasteiger partial charge on any atom is -0.465 e. The maximum absolute atomic E-state index is 12.0. The molecule has 1 aliphatic rings. The van der Waals surface area contributed by atoms with Gasteiger partial charge < -0.3 is 9.30 Å². The summed E-state index contributed by atoms with van der Waals surface area (Å²) in [6, 6.07) is 6.00. The Morgan fingerprint density at radius 2 is 2.21 bits per heavy atom. The number of esters is 1. The molecule has 0 radical (unpaired) electrons. The van der Waals surface area contributed by atoms with Crippen molar-refractivity contribution in [2.24, 2.45) is 5.92 Å². The van der Waals surface area contributed by atoms with E-state index >= 15 is 0 Å². The SMILES string of the molecule is COC(=O)c1c(Cl)sc(-c2ccc3c(c2)ncn3[C@@H]2CCC[C@@H](C)C2)c1[N+](=O)[O-]. The van der Waals surface area contributed by atoms with Crippen LogP contribution < -0.4 is 0 Å². The number of hydrogen-bond donors (Lipinski definition) is 0. The van der Waals surface area contributed by atoms with E-state index < -0.39 is 10.9 Å². The highest BCUT2D eigenvalue weighted by Crippen LogP contribution is 2.46. The summed E-state index contributed by atoms with van der Waals surface area (Å²) < 4.78 is 6.92. The predicted octanol–water partition coefficient (Wildman–Crippen LogP) is 5.86. The molecule has 1 fully saturated rings. The largest absolute Gasteiger partial charge is 0.465 e. The van der Waals surface area contributed by atoms with Crippen molar-refractivity contribution < 1.29 is 14.5 Å². The Morgan fingerprint density at radius 1 is 1.41 bits per heavy atom. The average molecular weight is 434 g/mol. The van der Waals surface area contributed by atoms with Crippen molar-refractivity contribution in [1.29, 1.82) is 0 Å². The number of carbonyl (C=O) groups is 1. The summed E-state index contributed by atoms with van der Waals surface area (Å²) in [7, 11) is 1.17. The summed E-state index contributed by atoms with van der Waals surface area (Å²) in [5.74, 6) is -0.126. The number of carbonyl (C=O) groups excluding carboxylic acids is 1. The summed E-state index contributed by atoms with van der Waals surface area (Å²) in [4.78, 5) is 28.0. The van der Waals surface area contributed by atoms with Crippen LogP contribution in [0, 0.1) is 16.0 Å². The van der Waals surface area contributed by atoms with Crippen molar-refractivity contribution in [3.8, 4) is 10.4 Å². The summed E-state index contributed by atoms with van der Waals surface area (Å²) in [5.41, 5.74) is 1.84. The molecule has 1 aromatic carbocycles. The summed E-state index contributed by atoms with van der Waals surface area (Å²) in [5, 5.41) is 11.7. The normalized spacial score (nSPS) is 19.4. The van der Waals surface area contributed by atoms with Gasteiger partial charge in [-0.1, -0.05) is 37.4 Å². The molecule has 0 saturated heterocycles. The van der Waals surface area contributed by atoms with E-state index in [0.29, 0.717) is 22.4 Å². The molecule has 7 nitrogen and oxygen atoms in total. The van der Waals surface area contributed by atoms with Gasteiger partial charge in [0.15, 0.2) is 5.56 Å².